The molecule has 0 aliphatic carbocycles. The number of hydrogen-bond acceptors (Lipinski definition) is 1. The summed E-state index contributed by atoms with van der Waals surface area (Å²) in [5.41, 5.74) is 1.57. The molecule has 18 heavy (non-hydrogen) atoms. The predicted octanol–water partition coefficient (Wildman–Crippen LogP) is 4.31. The van der Waals surface area contributed by atoms with Gasteiger partial charge in [-0.25, -0.2) is 0 Å². The fourth-order valence-electron chi connectivity index (χ4n) is 1.61. The monoisotopic (exact) mass is 253 g/mol. The Hall–Kier alpha value is -0.790. The highest BCUT2D eigenvalue weighted by molar-refractivity contribution is 5.76. The van der Waals surface area contributed by atoms with Gasteiger partial charge in [0.15, 0.2) is 0 Å². The molecule has 0 radical (unpaired) electrons. The van der Waals surface area contributed by atoms with E-state index in [2.05, 4.69) is 53.4 Å². The van der Waals surface area contributed by atoms with Crippen molar-refractivity contribution in [1.29, 1.82) is 0 Å². The van der Waals surface area contributed by atoms with Crippen molar-refractivity contribution < 1.29 is 4.79 Å². The summed E-state index contributed by atoms with van der Waals surface area (Å²) in [5.74, 6) is 0.164. The van der Waals surface area contributed by atoms with E-state index in [4.69, 9.17) is 0 Å². The molecule has 0 heterocycles. The van der Waals surface area contributed by atoms with Crippen LogP contribution in [0.2, 0.25) is 0 Å². The molecule has 0 aromatic rings. The van der Waals surface area contributed by atoms with Gasteiger partial charge in [0.05, 0.1) is 0 Å². The summed E-state index contributed by atoms with van der Waals surface area (Å²) in [7, 11) is 0. The smallest absolute Gasteiger partial charge is 0.220 e. The lowest BCUT2D eigenvalue weighted by atomic mass is 9.85. The van der Waals surface area contributed by atoms with Crippen LogP contribution in [0.3, 0.4) is 0 Å². The van der Waals surface area contributed by atoms with Gasteiger partial charge in [0.1, 0.15) is 0 Å². The summed E-state index contributed by atoms with van der Waals surface area (Å²) >= 11 is 0. The Morgan fingerprint density at radius 1 is 1.06 bits per heavy atom. The van der Waals surface area contributed by atoms with E-state index < -0.39 is 0 Å². The third-order valence-corrected chi connectivity index (χ3v) is 2.98. The molecule has 106 valence electrons. The van der Waals surface area contributed by atoms with Gasteiger partial charge in [0.2, 0.25) is 5.91 Å². The second kappa shape index (κ2) is 6.96. The number of amides is 1. The largest absolute Gasteiger partial charge is 0.356 e. The van der Waals surface area contributed by atoms with Crippen molar-refractivity contribution in [3.05, 3.63) is 12.2 Å². The average molecular weight is 253 g/mol. The highest BCUT2D eigenvalue weighted by Gasteiger charge is 2.16. The lowest BCUT2D eigenvalue weighted by Gasteiger charge is -2.21. The highest BCUT2D eigenvalue weighted by Crippen LogP contribution is 2.27. The summed E-state index contributed by atoms with van der Waals surface area (Å²) in [6.07, 6.45) is 3.79. The zero-order valence-electron chi connectivity index (χ0n) is 13.2. The third kappa shape index (κ3) is 9.26. The van der Waals surface area contributed by atoms with E-state index in [1.807, 2.05) is 0 Å². The Kier molecular flexibility index (Phi) is 6.66. The first-order chi connectivity index (χ1) is 8.02. The van der Waals surface area contributed by atoms with E-state index in [0.717, 1.165) is 25.8 Å². The van der Waals surface area contributed by atoms with Crippen molar-refractivity contribution in [3.8, 4) is 0 Å². The van der Waals surface area contributed by atoms with E-state index in [0.29, 0.717) is 6.42 Å². The summed E-state index contributed by atoms with van der Waals surface area (Å²) in [6.45, 7) is 17.7. The quantitative estimate of drug-likeness (QED) is 0.554. The molecule has 0 aliphatic rings. The summed E-state index contributed by atoms with van der Waals surface area (Å²) in [5, 5.41) is 2.98. The Labute approximate surface area is 113 Å². The van der Waals surface area contributed by atoms with E-state index in [9.17, 15) is 4.79 Å². The lowest BCUT2D eigenvalue weighted by Crippen LogP contribution is -2.28. The molecule has 0 atom stereocenters. The molecule has 1 N–H and O–H groups in total. The van der Waals surface area contributed by atoms with Gasteiger partial charge in [-0.2, -0.15) is 0 Å². The molecule has 0 saturated heterocycles. The molecule has 2 heteroatoms. The average Bonchev–Trinajstić information content (AvgIpc) is 2.12. The van der Waals surface area contributed by atoms with Crippen LogP contribution in [0, 0.1) is 10.8 Å². The van der Waals surface area contributed by atoms with Crippen LogP contribution in [0.25, 0.3) is 0 Å². The minimum Gasteiger partial charge on any atom is -0.356 e. The Bertz CT molecular complexity index is 278. The molecular weight excluding hydrogens is 222 g/mol. The van der Waals surface area contributed by atoms with Crippen molar-refractivity contribution in [3.63, 3.8) is 0 Å². The van der Waals surface area contributed by atoms with Crippen molar-refractivity contribution in [2.75, 3.05) is 6.54 Å². The van der Waals surface area contributed by atoms with Crippen molar-refractivity contribution in [2.24, 2.45) is 10.8 Å². The standard InChI is InChI=1S/C16H31NO/c1-13(16(5,6)7)10-8-9-11-17-14(18)12-15(2,3)4/h1,8-12H2,2-7H3,(H,17,18). The molecule has 0 aliphatic heterocycles. The highest BCUT2D eigenvalue weighted by atomic mass is 16.1. The molecule has 1 amide bonds. The van der Waals surface area contributed by atoms with Gasteiger partial charge >= 0.3 is 0 Å². The number of hydrogen-bond donors (Lipinski definition) is 1. The van der Waals surface area contributed by atoms with E-state index in [-0.39, 0.29) is 16.7 Å². The first-order valence-corrected chi connectivity index (χ1v) is 6.97. The Balaban J connectivity index is 3.64. The van der Waals surface area contributed by atoms with Gasteiger partial charge < -0.3 is 5.32 Å². The molecular formula is C16H31NO. The van der Waals surface area contributed by atoms with Gasteiger partial charge in [0.25, 0.3) is 0 Å². The second-order valence-corrected chi connectivity index (χ2v) is 7.40. The molecule has 2 nitrogen and oxygen atoms in total. The Morgan fingerprint density at radius 2 is 1.61 bits per heavy atom. The summed E-state index contributed by atoms with van der Waals surface area (Å²) < 4.78 is 0. The first kappa shape index (κ1) is 17.2. The maximum atomic E-state index is 11.6. The normalized spacial score (nSPS) is 12.3. The minimum atomic E-state index is 0.0740. The van der Waals surface area contributed by atoms with Crippen LogP contribution < -0.4 is 5.32 Å². The molecule has 0 rings (SSSR count). The van der Waals surface area contributed by atoms with Crippen LogP contribution >= 0.6 is 0 Å². The number of carbonyl (C=O) groups is 1. The summed E-state index contributed by atoms with van der Waals surface area (Å²) in [4.78, 5) is 11.6. The number of allylic oxidation sites excluding steroid dienone is 1. The molecule has 0 aromatic carbocycles. The fourth-order valence-corrected chi connectivity index (χ4v) is 1.61. The maximum Gasteiger partial charge on any atom is 0.220 e. The van der Waals surface area contributed by atoms with Crippen LogP contribution in [0.1, 0.15) is 67.2 Å². The molecule has 0 aromatic heterocycles. The van der Waals surface area contributed by atoms with Crippen molar-refractivity contribution >= 4 is 5.91 Å². The fraction of sp³-hybridized carbons (Fsp3) is 0.812. The van der Waals surface area contributed by atoms with Gasteiger partial charge in [0, 0.05) is 13.0 Å². The lowest BCUT2D eigenvalue weighted by molar-refractivity contribution is -0.122. The number of nitrogens with one attached hydrogen (secondary N) is 1. The first-order valence-electron chi connectivity index (χ1n) is 6.97. The minimum absolute atomic E-state index is 0.0740. The van der Waals surface area contributed by atoms with Gasteiger partial charge in [-0.05, 0) is 30.1 Å². The Morgan fingerprint density at radius 3 is 2.06 bits per heavy atom. The van der Waals surface area contributed by atoms with Crippen molar-refractivity contribution in [2.45, 2.75) is 67.2 Å². The second-order valence-electron chi connectivity index (χ2n) is 7.40. The van der Waals surface area contributed by atoms with Gasteiger partial charge in [-0.15, -0.1) is 0 Å². The molecule has 0 saturated carbocycles. The van der Waals surface area contributed by atoms with Crippen LogP contribution in [0.5, 0.6) is 0 Å². The topological polar surface area (TPSA) is 29.1 Å². The SMILES string of the molecule is C=C(CCCCNC(=O)CC(C)(C)C)C(C)(C)C. The maximum absolute atomic E-state index is 11.6. The third-order valence-electron chi connectivity index (χ3n) is 2.98. The van der Waals surface area contributed by atoms with Crippen LogP contribution in [-0.2, 0) is 4.79 Å². The van der Waals surface area contributed by atoms with Gasteiger partial charge in [-0.3, -0.25) is 4.79 Å². The van der Waals surface area contributed by atoms with E-state index >= 15 is 0 Å². The predicted molar refractivity (Wildman–Crippen MR) is 79.5 cm³/mol. The van der Waals surface area contributed by atoms with Crippen LogP contribution in [-0.4, -0.2) is 12.5 Å². The number of carbonyl (C=O) groups excluding carboxylic acids is 1. The summed E-state index contributed by atoms with van der Waals surface area (Å²) in [6, 6.07) is 0. The van der Waals surface area contributed by atoms with E-state index in [1.165, 1.54) is 5.57 Å². The zero-order valence-corrected chi connectivity index (χ0v) is 13.2. The van der Waals surface area contributed by atoms with Crippen molar-refractivity contribution in [1.82, 2.24) is 5.32 Å². The van der Waals surface area contributed by atoms with Crippen LogP contribution in [0.4, 0.5) is 0 Å². The number of rotatable bonds is 6. The molecule has 0 bridgehead atoms. The van der Waals surface area contributed by atoms with Crippen LogP contribution in [0.15, 0.2) is 12.2 Å². The van der Waals surface area contributed by atoms with Gasteiger partial charge in [-0.1, -0.05) is 53.7 Å². The molecule has 0 unspecified atom stereocenters. The molecule has 0 spiro atoms. The van der Waals surface area contributed by atoms with E-state index in [1.54, 1.807) is 0 Å². The number of unbranched alkanes of at least 4 members (excludes halogenated alkanes) is 1. The molecule has 0 fully saturated rings. The zero-order chi connectivity index (χ0) is 14.4.